The Hall–Kier alpha value is -0.530. The molecule has 60 valence electrons. The van der Waals surface area contributed by atoms with Crippen LogP contribution in [0.15, 0.2) is 0 Å². The fourth-order valence-electron chi connectivity index (χ4n) is 0.530. The minimum Gasteiger partial charge on any atom is -0.469 e. The Morgan fingerprint density at radius 1 is 1.40 bits per heavy atom. The Balaban J connectivity index is 4.08. The second-order valence-electron chi connectivity index (χ2n) is 3.61. The first kappa shape index (κ1) is 9.47. The maximum Gasteiger partial charge on any atom is 0.308 e. The number of carbonyl (C=O) groups is 1. The molecular formula is C8H16O2. The molecule has 0 aromatic carbocycles. The van der Waals surface area contributed by atoms with Crippen molar-refractivity contribution < 1.29 is 9.53 Å². The smallest absolute Gasteiger partial charge is 0.308 e. The van der Waals surface area contributed by atoms with Crippen LogP contribution in [0.3, 0.4) is 0 Å². The van der Waals surface area contributed by atoms with Crippen molar-refractivity contribution in [3.8, 4) is 0 Å². The van der Waals surface area contributed by atoms with Crippen LogP contribution in [-0.4, -0.2) is 13.1 Å². The first-order chi connectivity index (χ1) is 4.39. The van der Waals surface area contributed by atoms with Crippen LogP contribution in [-0.2, 0) is 9.53 Å². The number of methoxy groups -OCH3 is 1. The van der Waals surface area contributed by atoms with Gasteiger partial charge >= 0.3 is 5.97 Å². The van der Waals surface area contributed by atoms with Gasteiger partial charge in [0.25, 0.3) is 0 Å². The lowest BCUT2D eigenvalue weighted by Crippen LogP contribution is -2.26. The molecule has 0 spiro atoms. The standard InChI is InChI=1S/C8H16O2/c1-6(7(9)10-5)8(2,3)4/h6H,1-5H3/t6-/m0/s1. The molecule has 0 amide bonds. The van der Waals surface area contributed by atoms with Gasteiger partial charge in [-0.1, -0.05) is 27.7 Å². The van der Waals surface area contributed by atoms with Gasteiger partial charge in [-0.2, -0.15) is 0 Å². The van der Waals surface area contributed by atoms with Crippen molar-refractivity contribution >= 4 is 5.97 Å². The highest BCUT2D eigenvalue weighted by Crippen LogP contribution is 2.25. The van der Waals surface area contributed by atoms with Gasteiger partial charge in [-0.05, 0) is 5.41 Å². The summed E-state index contributed by atoms with van der Waals surface area (Å²) in [7, 11) is 1.42. The van der Waals surface area contributed by atoms with E-state index in [9.17, 15) is 4.79 Å². The lowest BCUT2D eigenvalue weighted by Gasteiger charge is -2.24. The van der Waals surface area contributed by atoms with Crippen molar-refractivity contribution in [2.75, 3.05) is 7.11 Å². The van der Waals surface area contributed by atoms with Gasteiger partial charge in [0.15, 0.2) is 0 Å². The first-order valence-electron chi connectivity index (χ1n) is 3.47. The molecule has 0 radical (unpaired) electrons. The predicted molar refractivity (Wildman–Crippen MR) is 40.6 cm³/mol. The van der Waals surface area contributed by atoms with Crippen LogP contribution in [0.1, 0.15) is 27.7 Å². The Morgan fingerprint density at radius 3 is 1.90 bits per heavy atom. The summed E-state index contributed by atoms with van der Waals surface area (Å²) in [6, 6.07) is 0. The number of hydrogen-bond donors (Lipinski definition) is 0. The lowest BCUT2D eigenvalue weighted by atomic mass is 9.82. The van der Waals surface area contributed by atoms with E-state index in [1.54, 1.807) is 0 Å². The molecule has 10 heavy (non-hydrogen) atoms. The van der Waals surface area contributed by atoms with Crippen LogP contribution in [0.5, 0.6) is 0 Å². The van der Waals surface area contributed by atoms with Gasteiger partial charge in [0, 0.05) is 0 Å². The van der Waals surface area contributed by atoms with Gasteiger partial charge in [-0.3, -0.25) is 4.79 Å². The maximum atomic E-state index is 10.9. The third-order valence-electron chi connectivity index (χ3n) is 1.85. The topological polar surface area (TPSA) is 26.3 Å². The highest BCUT2D eigenvalue weighted by atomic mass is 16.5. The molecule has 0 bridgehead atoms. The van der Waals surface area contributed by atoms with Crippen molar-refractivity contribution in [3.63, 3.8) is 0 Å². The highest BCUT2D eigenvalue weighted by molar-refractivity contribution is 5.72. The van der Waals surface area contributed by atoms with E-state index in [-0.39, 0.29) is 17.3 Å². The summed E-state index contributed by atoms with van der Waals surface area (Å²) >= 11 is 0. The summed E-state index contributed by atoms with van der Waals surface area (Å²) in [6.07, 6.45) is 0. The average Bonchev–Trinajstić information content (AvgIpc) is 1.83. The first-order valence-corrected chi connectivity index (χ1v) is 3.47. The zero-order valence-electron chi connectivity index (χ0n) is 7.39. The number of ether oxygens (including phenoxy) is 1. The van der Waals surface area contributed by atoms with Crippen LogP contribution < -0.4 is 0 Å². The summed E-state index contributed by atoms with van der Waals surface area (Å²) in [6.45, 7) is 7.95. The predicted octanol–water partition coefficient (Wildman–Crippen LogP) is 1.84. The number of esters is 1. The van der Waals surface area contributed by atoms with Gasteiger partial charge in [-0.25, -0.2) is 0 Å². The van der Waals surface area contributed by atoms with E-state index in [1.165, 1.54) is 7.11 Å². The number of hydrogen-bond acceptors (Lipinski definition) is 2. The molecule has 0 unspecified atom stereocenters. The van der Waals surface area contributed by atoms with Crippen LogP contribution in [0.4, 0.5) is 0 Å². The molecule has 0 aromatic heterocycles. The molecule has 1 atom stereocenters. The van der Waals surface area contributed by atoms with Crippen molar-refractivity contribution in [3.05, 3.63) is 0 Å². The molecule has 0 aliphatic rings. The van der Waals surface area contributed by atoms with E-state index < -0.39 is 0 Å². The second-order valence-corrected chi connectivity index (χ2v) is 3.61. The molecule has 0 aliphatic carbocycles. The van der Waals surface area contributed by atoms with Crippen molar-refractivity contribution in [2.45, 2.75) is 27.7 Å². The zero-order chi connectivity index (χ0) is 8.36. The SMILES string of the molecule is COC(=O)[C@H](C)C(C)(C)C. The third kappa shape index (κ3) is 2.38. The summed E-state index contributed by atoms with van der Waals surface area (Å²) in [5, 5.41) is 0. The summed E-state index contributed by atoms with van der Waals surface area (Å²) < 4.78 is 4.60. The van der Waals surface area contributed by atoms with Crippen molar-refractivity contribution in [1.82, 2.24) is 0 Å². The molecule has 0 saturated carbocycles. The van der Waals surface area contributed by atoms with Crippen molar-refractivity contribution in [2.24, 2.45) is 11.3 Å². The van der Waals surface area contributed by atoms with E-state index in [0.29, 0.717) is 0 Å². The maximum absolute atomic E-state index is 10.9. The van der Waals surface area contributed by atoms with Crippen molar-refractivity contribution in [1.29, 1.82) is 0 Å². The Morgan fingerprint density at radius 2 is 1.80 bits per heavy atom. The fraction of sp³-hybridized carbons (Fsp3) is 0.875. The second kappa shape index (κ2) is 3.04. The van der Waals surface area contributed by atoms with E-state index in [1.807, 2.05) is 27.7 Å². The van der Waals surface area contributed by atoms with E-state index in [0.717, 1.165) is 0 Å². The van der Waals surface area contributed by atoms with Gasteiger partial charge in [0.1, 0.15) is 0 Å². The molecule has 0 rings (SSSR count). The van der Waals surface area contributed by atoms with Crippen LogP contribution in [0, 0.1) is 11.3 Å². The summed E-state index contributed by atoms with van der Waals surface area (Å²) in [4.78, 5) is 10.9. The zero-order valence-corrected chi connectivity index (χ0v) is 7.39. The van der Waals surface area contributed by atoms with Crippen LogP contribution in [0.2, 0.25) is 0 Å². The molecule has 0 saturated heterocycles. The molecule has 0 fully saturated rings. The van der Waals surface area contributed by atoms with E-state index >= 15 is 0 Å². The fourth-order valence-corrected chi connectivity index (χ4v) is 0.530. The highest BCUT2D eigenvalue weighted by Gasteiger charge is 2.27. The molecule has 0 aliphatic heterocycles. The normalized spacial score (nSPS) is 14.5. The van der Waals surface area contributed by atoms with Crippen LogP contribution >= 0.6 is 0 Å². The average molecular weight is 144 g/mol. The Kier molecular flexibility index (Phi) is 2.88. The van der Waals surface area contributed by atoms with Gasteiger partial charge in [0.05, 0.1) is 13.0 Å². The minimum absolute atomic E-state index is 0.00704. The minimum atomic E-state index is -0.132. The number of carbonyl (C=O) groups excluding carboxylic acids is 1. The third-order valence-corrected chi connectivity index (χ3v) is 1.85. The molecule has 2 heteroatoms. The molecule has 0 aromatic rings. The molecule has 0 heterocycles. The van der Waals surface area contributed by atoms with Gasteiger partial charge in [-0.15, -0.1) is 0 Å². The quantitative estimate of drug-likeness (QED) is 0.525. The van der Waals surface area contributed by atoms with E-state index in [2.05, 4.69) is 4.74 Å². The lowest BCUT2D eigenvalue weighted by molar-refractivity contribution is -0.148. The van der Waals surface area contributed by atoms with Crippen LogP contribution in [0.25, 0.3) is 0 Å². The summed E-state index contributed by atoms with van der Waals surface area (Å²) in [5.74, 6) is -0.162. The van der Waals surface area contributed by atoms with Gasteiger partial charge < -0.3 is 4.74 Å². The monoisotopic (exact) mass is 144 g/mol. The molecular weight excluding hydrogens is 128 g/mol. The van der Waals surface area contributed by atoms with Gasteiger partial charge in [0.2, 0.25) is 0 Å². The summed E-state index contributed by atoms with van der Waals surface area (Å²) in [5.41, 5.74) is 0.00704. The molecule has 2 nitrogen and oxygen atoms in total. The largest absolute Gasteiger partial charge is 0.469 e. The number of rotatable bonds is 1. The van der Waals surface area contributed by atoms with E-state index in [4.69, 9.17) is 0 Å². The Bertz CT molecular complexity index is 122. The molecule has 0 N–H and O–H groups in total. The Labute approximate surface area is 62.6 Å².